The zero-order chi connectivity index (χ0) is 25.5. The maximum atomic E-state index is 12.4. The van der Waals surface area contributed by atoms with E-state index in [-0.39, 0.29) is 42.1 Å². The number of hydrogen-bond acceptors (Lipinski definition) is 9. The molecule has 0 saturated heterocycles. The van der Waals surface area contributed by atoms with Crippen molar-refractivity contribution in [1.82, 2.24) is 25.3 Å². The Labute approximate surface area is 196 Å². The predicted octanol–water partition coefficient (Wildman–Crippen LogP) is -0.451. The van der Waals surface area contributed by atoms with E-state index in [1.54, 1.807) is 0 Å². The van der Waals surface area contributed by atoms with Crippen molar-refractivity contribution in [3.05, 3.63) is 52.1 Å². The SMILES string of the molecule is Nc1nc2ncc(CCN(C=O)c3ccc(C(=O)NC(CCC(=O)O)C(=O)O)cc3)nc2c(=O)[nH]1. The summed E-state index contributed by atoms with van der Waals surface area (Å²) in [5.41, 5.74) is 6.10. The number of carbonyl (C=O) groups excluding carboxylic acids is 2. The molecule has 0 aliphatic heterocycles. The highest BCUT2D eigenvalue weighted by molar-refractivity contribution is 5.97. The second-order valence-corrected chi connectivity index (χ2v) is 7.38. The van der Waals surface area contributed by atoms with Gasteiger partial charge in [-0.25, -0.2) is 14.8 Å². The van der Waals surface area contributed by atoms with Crippen LogP contribution in [0.3, 0.4) is 0 Å². The summed E-state index contributed by atoms with van der Waals surface area (Å²) < 4.78 is 0. The summed E-state index contributed by atoms with van der Waals surface area (Å²) >= 11 is 0. The third kappa shape index (κ3) is 6.34. The molecule has 0 saturated carbocycles. The van der Waals surface area contributed by atoms with Gasteiger partial charge in [-0.05, 0) is 30.7 Å². The molecule has 182 valence electrons. The fourth-order valence-electron chi connectivity index (χ4n) is 3.14. The predicted molar refractivity (Wildman–Crippen MR) is 122 cm³/mol. The molecule has 1 unspecified atom stereocenters. The summed E-state index contributed by atoms with van der Waals surface area (Å²) in [4.78, 5) is 73.8. The van der Waals surface area contributed by atoms with E-state index in [0.29, 0.717) is 17.8 Å². The normalized spacial score (nSPS) is 11.5. The molecule has 1 atom stereocenters. The molecule has 0 spiro atoms. The van der Waals surface area contributed by atoms with Crippen molar-refractivity contribution >= 4 is 47.1 Å². The maximum absolute atomic E-state index is 12.4. The Bertz CT molecular complexity index is 1320. The molecule has 14 heteroatoms. The Balaban J connectivity index is 1.66. The van der Waals surface area contributed by atoms with Crippen molar-refractivity contribution in [3.8, 4) is 0 Å². The molecule has 2 aromatic heterocycles. The second-order valence-electron chi connectivity index (χ2n) is 7.38. The Hall–Kier alpha value is -4.88. The van der Waals surface area contributed by atoms with Crippen molar-refractivity contribution in [2.75, 3.05) is 17.2 Å². The Morgan fingerprint density at radius 1 is 1.17 bits per heavy atom. The molecular weight excluding hydrogens is 462 g/mol. The standard InChI is InChI=1S/C21H21N7O7/c22-21-26-17-16(19(33)27-21)24-12(9-23-17)7-8-28(10-29)13-3-1-11(2-4-13)18(32)25-14(20(34)35)5-6-15(30)31/h1-4,9-10,14H,5-8H2,(H,25,32)(H,30,31)(H,34,35)(H3,22,23,26,27,33). The summed E-state index contributed by atoms with van der Waals surface area (Å²) in [6.07, 6.45) is 1.60. The van der Waals surface area contributed by atoms with Gasteiger partial charge < -0.3 is 26.2 Å². The summed E-state index contributed by atoms with van der Waals surface area (Å²) in [5.74, 6) is -3.29. The third-order valence-electron chi connectivity index (χ3n) is 4.93. The largest absolute Gasteiger partial charge is 0.481 e. The number of nitrogens with two attached hydrogens (primary N) is 1. The van der Waals surface area contributed by atoms with E-state index in [2.05, 4.69) is 25.3 Å². The average Bonchev–Trinajstić information content (AvgIpc) is 2.82. The number of carboxylic acids is 2. The molecule has 0 radical (unpaired) electrons. The molecule has 0 aliphatic carbocycles. The number of nitrogen functional groups attached to an aromatic ring is 1. The first-order valence-electron chi connectivity index (χ1n) is 10.3. The average molecular weight is 483 g/mol. The van der Waals surface area contributed by atoms with Crippen LogP contribution in [-0.4, -0.2) is 67.0 Å². The minimum Gasteiger partial charge on any atom is -0.481 e. The quantitative estimate of drug-likeness (QED) is 0.220. The molecule has 6 N–H and O–H groups in total. The van der Waals surface area contributed by atoms with Gasteiger partial charge in [0.25, 0.3) is 11.5 Å². The number of amides is 2. The van der Waals surface area contributed by atoms with Crippen molar-refractivity contribution in [1.29, 1.82) is 0 Å². The van der Waals surface area contributed by atoms with Gasteiger partial charge in [0.05, 0.1) is 11.9 Å². The molecule has 0 fully saturated rings. The number of aliphatic carboxylic acids is 2. The van der Waals surface area contributed by atoms with Crippen LogP contribution in [0, 0.1) is 0 Å². The fourth-order valence-corrected chi connectivity index (χ4v) is 3.14. The number of aromatic amines is 1. The van der Waals surface area contributed by atoms with E-state index in [1.807, 2.05) is 0 Å². The topological polar surface area (TPSA) is 222 Å². The molecule has 14 nitrogen and oxygen atoms in total. The summed E-state index contributed by atoms with van der Waals surface area (Å²) in [5, 5.41) is 20.2. The number of hydrogen-bond donors (Lipinski definition) is 5. The summed E-state index contributed by atoms with van der Waals surface area (Å²) in [6.45, 7) is 0.186. The maximum Gasteiger partial charge on any atom is 0.326 e. The number of carbonyl (C=O) groups is 4. The Morgan fingerprint density at radius 2 is 1.89 bits per heavy atom. The van der Waals surface area contributed by atoms with E-state index in [4.69, 9.17) is 10.8 Å². The molecule has 3 rings (SSSR count). The first-order chi connectivity index (χ1) is 16.7. The van der Waals surface area contributed by atoms with E-state index in [0.717, 1.165) is 0 Å². The molecule has 35 heavy (non-hydrogen) atoms. The number of H-pyrrole nitrogens is 1. The molecule has 0 aliphatic rings. The molecular formula is C21H21N7O7. The molecule has 2 amide bonds. The molecule has 3 aromatic rings. The zero-order valence-corrected chi connectivity index (χ0v) is 18.2. The lowest BCUT2D eigenvalue weighted by molar-refractivity contribution is -0.140. The Morgan fingerprint density at radius 3 is 2.51 bits per heavy atom. The van der Waals surface area contributed by atoms with Gasteiger partial charge in [0, 0.05) is 30.6 Å². The molecule has 2 heterocycles. The smallest absolute Gasteiger partial charge is 0.326 e. The van der Waals surface area contributed by atoms with E-state index < -0.39 is 35.9 Å². The number of nitrogens with one attached hydrogen (secondary N) is 2. The van der Waals surface area contributed by atoms with E-state index in [9.17, 15) is 29.1 Å². The molecule has 1 aromatic carbocycles. The van der Waals surface area contributed by atoms with Crippen LogP contribution in [0.5, 0.6) is 0 Å². The van der Waals surface area contributed by atoms with Gasteiger partial charge in [0.1, 0.15) is 6.04 Å². The van der Waals surface area contributed by atoms with Gasteiger partial charge >= 0.3 is 11.9 Å². The number of nitrogens with zero attached hydrogens (tertiary/aromatic N) is 4. The van der Waals surface area contributed by atoms with E-state index >= 15 is 0 Å². The van der Waals surface area contributed by atoms with Crippen molar-refractivity contribution in [2.24, 2.45) is 0 Å². The van der Waals surface area contributed by atoms with Crippen molar-refractivity contribution in [3.63, 3.8) is 0 Å². The monoisotopic (exact) mass is 483 g/mol. The van der Waals surface area contributed by atoms with Crippen LogP contribution >= 0.6 is 0 Å². The minimum absolute atomic E-state index is 0.0211. The van der Waals surface area contributed by atoms with Gasteiger partial charge in [-0.15, -0.1) is 0 Å². The van der Waals surface area contributed by atoms with Gasteiger partial charge in [0.15, 0.2) is 11.2 Å². The number of aromatic nitrogens is 4. The van der Waals surface area contributed by atoms with Crippen LogP contribution in [0.2, 0.25) is 0 Å². The Kier molecular flexibility index (Phi) is 7.66. The summed E-state index contributed by atoms with van der Waals surface area (Å²) in [6, 6.07) is 4.46. The van der Waals surface area contributed by atoms with Gasteiger partial charge in [-0.2, -0.15) is 4.98 Å². The van der Waals surface area contributed by atoms with Crippen LogP contribution < -0.4 is 21.5 Å². The molecule has 0 bridgehead atoms. The van der Waals surface area contributed by atoms with Crippen LogP contribution in [-0.2, 0) is 20.8 Å². The van der Waals surface area contributed by atoms with E-state index in [1.165, 1.54) is 35.4 Å². The number of anilines is 2. The van der Waals surface area contributed by atoms with Crippen LogP contribution in [0.4, 0.5) is 11.6 Å². The first-order valence-corrected chi connectivity index (χ1v) is 10.3. The lowest BCUT2D eigenvalue weighted by Gasteiger charge is -2.18. The van der Waals surface area contributed by atoms with Crippen molar-refractivity contribution < 1.29 is 29.4 Å². The highest BCUT2D eigenvalue weighted by Crippen LogP contribution is 2.15. The number of rotatable bonds is 11. The number of benzene rings is 1. The fraction of sp³-hybridized carbons (Fsp3) is 0.238. The first kappa shape index (κ1) is 24.8. The van der Waals surface area contributed by atoms with Gasteiger partial charge in [0.2, 0.25) is 12.4 Å². The van der Waals surface area contributed by atoms with Gasteiger partial charge in [-0.1, -0.05) is 0 Å². The van der Waals surface area contributed by atoms with Crippen LogP contribution in [0.25, 0.3) is 11.2 Å². The second kappa shape index (κ2) is 10.8. The lowest BCUT2D eigenvalue weighted by atomic mass is 10.1. The highest BCUT2D eigenvalue weighted by atomic mass is 16.4. The van der Waals surface area contributed by atoms with Crippen LogP contribution in [0.1, 0.15) is 28.9 Å². The van der Waals surface area contributed by atoms with Gasteiger partial charge in [-0.3, -0.25) is 24.2 Å². The van der Waals surface area contributed by atoms with Crippen LogP contribution in [0.15, 0.2) is 35.3 Å². The highest BCUT2D eigenvalue weighted by Gasteiger charge is 2.21. The summed E-state index contributed by atoms with van der Waals surface area (Å²) in [7, 11) is 0. The number of fused-ring (bicyclic) bond motifs is 1. The lowest BCUT2D eigenvalue weighted by Crippen LogP contribution is -2.41. The number of carboxylic acid groups (broad SMARTS) is 2. The zero-order valence-electron chi connectivity index (χ0n) is 18.2. The third-order valence-corrected chi connectivity index (χ3v) is 4.93. The minimum atomic E-state index is -1.35. The van der Waals surface area contributed by atoms with Crippen molar-refractivity contribution in [2.45, 2.75) is 25.3 Å².